The van der Waals surface area contributed by atoms with Crippen LogP contribution in [-0.4, -0.2) is 22.5 Å². The lowest BCUT2D eigenvalue weighted by atomic mass is 10.2. The number of aryl methyl sites for hydroxylation is 1. The summed E-state index contributed by atoms with van der Waals surface area (Å²) >= 11 is 0. The Labute approximate surface area is 116 Å². The standard InChI is InChI=1S/C14H15N3O3/c1-3-19-13(18)12-8-16-14(17-9(12)2)20-11-6-4-5-10(15)7-11/h4-8H,3,15H2,1-2H3. The van der Waals surface area contributed by atoms with Gasteiger partial charge >= 0.3 is 12.0 Å². The normalized spacial score (nSPS) is 10.1. The highest BCUT2D eigenvalue weighted by atomic mass is 16.5. The summed E-state index contributed by atoms with van der Waals surface area (Å²) in [5.74, 6) is 0.0915. The zero-order valence-corrected chi connectivity index (χ0v) is 11.3. The Morgan fingerprint density at radius 3 is 2.85 bits per heavy atom. The summed E-state index contributed by atoms with van der Waals surface area (Å²) in [5, 5.41) is 0. The first-order valence-corrected chi connectivity index (χ1v) is 6.14. The summed E-state index contributed by atoms with van der Waals surface area (Å²) < 4.78 is 10.4. The summed E-state index contributed by atoms with van der Waals surface area (Å²) in [5.41, 5.74) is 7.07. The average Bonchev–Trinajstić information content (AvgIpc) is 2.39. The molecule has 1 aromatic heterocycles. The van der Waals surface area contributed by atoms with E-state index < -0.39 is 5.97 Å². The second kappa shape index (κ2) is 6.01. The maximum absolute atomic E-state index is 11.6. The summed E-state index contributed by atoms with van der Waals surface area (Å²) in [4.78, 5) is 19.7. The third kappa shape index (κ3) is 3.23. The third-order valence-corrected chi connectivity index (χ3v) is 2.52. The molecule has 0 bridgehead atoms. The Kier molecular flexibility index (Phi) is 4.14. The van der Waals surface area contributed by atoms with E-state index in [1.54, 1.807) is 38.1 Å². The summed E-state index contributed by atoms with van der Waals surface area (Å²) in [6.45, 7) is 3.74. The molecule has 6 heteroatoms. The maximum atomic E-state index is 11.6. The molecule has 1 aromatic carbocycles. The fraction of sp³-hybridized carbons (Fsp3) is 0.214. The van der Waals surface area contributed by atoms with Crippen molar-refractivity contribution in [2.75, 3.05) is 12.3 Å². The molecule has 0 atom stereocenters. The molecule has 0 spiro atoms. The van der Waals surface area contributed by atoms with Crippen LogP contribution in [0, 0.1) is 6.92 Å². The molecular formula is C14H15N3O3. The first kappa shape index (κ1) is 13.8. The van der Waals surface area contributed by atoms with Crippen molar-refractivity contribution in [2.24, 2.45) is 0 Å². The lowest BCUT2D eigenvalue weighted by molar-refractivity contribution is 0.0524. The molecule has 0 amide bonds. The number of nitrogens with zero attached hydrogens (tertiary/aromatic N) is 2. The van der Waals surface area contributed by atoms with E-state index >= 15 is 0 Å². The van der Waals surface area contributed by atoms with Gasteiger partial charge in [0.15, 0.2) is 0 Å². The molecule has 0 saturated carbocycles. The molecule has 1 heterocycles. The van der Waals surface area contributed by atoms with Crippen molar-refractivity contribution < 1.29 is 14.3 Å². The number of hydrogen-bond donors (Lipinski definition) is 1. The monoisotopic (exact) mass is 273 g/mol. The molecule has 2 N–H and O–H groups in total. The molecule has 0 radical (unpaired) electrons. The Bertz CT molecular complexity index is 629. The van der Waals surface area contributed by atoms with Crippen molar-refractivity contribution in [1.82, 2.24) is 9.97 Å². The van der Waals surface area contributed by atoms with Gasteiger partial charge in [-0.2, -0.15) is 4.98 Å². The lowest BCUT2D eigenvalue weighted by Gasteiger charge is -2.07. The van der Waals surface area contributed by atoms with Crippen LogP contribution in [0.3, 0.4) is 0 Å². The van der Waals surface area contributed by atoms with Crippen molar-refractivity contribution in [3.8, 4) is 11.8 Å². The Balaban J connectivity index is 2.19. The molecule has 6 nitrogen and oxygen atoms in total. The minimum Gasteiger partial charge on any atom is -0.462 e. The zero-order chi connectivity index (χ0) is 14.5. The number of ether oxygens (including phenoxy) is 2. The van der Waals surface area contributed by atoms with Gasteiger partial charge in [-0.15, -0.1) is 0 Å². The van der Waals surface area contributed by atoms with Gasteiger partial charge in [0.25, 0.3) is 0 Å². The van der Waals surface area contributed by atoms with Crippen LogP contribution in [0.15, 0.2) is 30.5 Å². The molecule has 0 saturated heterocycles. The number of rotatable bonds is 4. The number of esters is 1. The second-order valence-electron chi connectivity index (χ2n) is 4.05. The first-order chi connectivity index (χ1) is 9.60. The molecule has 0 fully saturated rings. The van der Waals surface area contributed by atoms with E-state index in [9.17, 15) is 4.79 Å². The van der Waals surface area contributed by atoms with E-state index in [4.69, 9.17) is 15.2 Å². The van der Waals surface area contributed by atoms with E-state index in [1.807, 2.05) is 0 Å². The van der Waals surface area contributed by atoms with Gasteiger partial charge in [0.05, 0.1) is 17.9 Å². The van der Waals surface area contributed by atoms with Crippen molar-refractivity contribution in [1.29, 1.82) is 0 Å². The van der Waals surface area contributed by atoms with Crippen LogP contribution in [0.1, 0.15) is 23.0 Å². The van der Waals surface area contributed by atoms with E-state index in [2.05, 4.69) is 9.97 Å². The van der Waals surface area contributed by atoms with Gasteiger partial charge in [0, 0.05) is 18.0 Å². The van der Waals surface area contributed by atoms with Gasteiger partial charge < -0.3 is 15.2 Å². The van der Waals surface area contributed by atoms with Crippen LogP contribution in [0.4, 0.5) is 5.69 Å². The van der Waals surface area contributed by atoms with E-state index in [1.165, 1.54) is 6.20 Å². The van der Waals surface area contributed by atoms with Crippen LogP contribution >= 0.6 is 0 Å². The quantitative estimate of drug-likeness (QED) is 0.679. The highest BCUT2D eigenvalue weighted by Gasteiger charge is 2.13. The Hall–Kier alpha value is -2.63. The molecule has 2 rings (SSSR count). The van der Waals surface area contributed by atoms with Gasteiger partial charge in [-0.25, -0.2) is 9.78 Å². The first-order valence-electron chi connectivity index (χ1n) is 6.14. The fourth-order valence-electron chi connectivity index (χ4n) is 1.59. The molecule has 0 aliphatic carbocycles. The SMILES string of the molecule is CCOC(=O)c1cnc(Oc2cccc(N)c2)nc1C. The van der Waals surface area contributed by atoms with Gasteiger partial charge in [0.2, 0.25) is 0 Å². The predicted octanol–water partition coefficient (Wildman–Crippen LogP) is 2.34. The number of benzene rings is 1. The zero-order valence-electron chi connectivity index (χ0n) is 11.3. The Morgan fingerprint density at radius 1 is 1.40 bits per heavy atom. The third-order valence-electron chi connectivity index (χ3n) is 2.52. The highest BCUT2D eigenvalue weighted by Crippen LogP contribution is 2.20. The predicted molar refractivity (Wildman–Crippen MR) is 73.7 cm³/mol. The summed E-state index contributed by atoms with van der Waals surface area (Å²) in [6, 6.07) is 7.08. The minimum atomic E-state index is -0.444. The summed E-state index contributed by atoms with van der Waals surface area (Å²) in [6.07, 6.45) is 1.39. The Morgan fingerprint density at radius 2 is 2.20 bits per heavy atom. The molecule has 2 aromatic rings. The van der Waals surface area contributed by atoms with Crippen LogP contribution < -0.4 is 10.5 Å². The molecule has 0 aliphatic rings. The molecule has 0 aliphatic heterocycles. The minimum absolute atomic E-state index is 0.154. The van der Waals surface area contributed by atoms with Crippen molar-refractivity contribution in [3.05, 3.63) is 41.7 Å². The average molecular weight is 273 g/mol. The van der Waals surface area contributed by atoms with Gasteiger partial charge in [0.1, 0.15) is 5.75 Å². The molecule has 20 heavy (non-hydrogen) atoms. The van der Waals surface area contributed by atoms with Crippen molar-refractivity contribution in [2.45, 2.75) is 13.8 Å². The van der Waals surface area contributed by atoms with Gasteiger partial charge in [-0.05, 0) is 26.0 Å². The number of carbonyl (C=O) groups is 1. The van der Waals surface area contributed by atoms with E-state index in [0.717, 1.165) is 0 Å². The highest BCUT2D eigenvalue weighted by molar-refractivity contribution is 5.90. The molecule has 0 unspecified atom stereocenters. The maximum Gasteiger partial charge on any atom is 0.341 e. The van der Waals surface area contributed by atoms with Crippen LogP contribution in [0.2, 0.25) is 0 Å². The number of carbonyl (C=O) groups excluding carboxylic acids is 1. The number of nitrogen functional groups attached to an aromatic ring is 1. The molecular weight excluding hydrogens is 258 g/mol. The fourth-order valence-corrected chi connectivity index (χ4v) is 1.59. The van der Waals surface area contributed by atoms with Crippen LogP contribution in [0.5, 0.6) is 11.8 Å². The van der Waals surface area contributed by atoms with Crippen molar-refractivity contribution >= 4 is 11.7 Å². The smallest absolute Gasteiger partial charge is 0.341 e. The largest absolute Gasteiger partial charge is 0.462 e. The number of hydrogen-bond acceptors (Lipinski definition) is 6. The number of anilines is 1. The van der Waals surface area contributed by atoms with E-state index in [-0.39, 0.29) is 6.01 Å². The topological polar surface area (TPSA) is 87.3 Å². The van der Waals surface area contributed by atoms with Crippen LogP contribution in [-0.2, 0) is 4.74 Å². The molecule has 104 valence electrons. The van der Waals surface area contributed by atoms with Crippen molar-refractivity contribution in [3.63, 3.8) is 0 Å². The second-order valence-corrected chi connectivity index (χ2v) is 4.05. The number of aromatic nitrogens is 2. The number of nitrogens with two attached hydrogens (primary N) is 1. The van der Waals surface area contributed by atoms with Gasteiger partial charge in [-0.1, -0.05) is 6.07 Å². The van der Waals surface area contributed by atoms with Crippen LogP contribution in [0.25, 0.3) is 0 Å². The lowest BCUT2D eigenvalue weighted by Crippen LogP contribution is -2.09. The van der Waals surface area contributed by atoms with Gasteiger partial charge in [-0.3, -0.25) is 0 Å². The summed E-state index contributed by atoms with van der Waals surface area (Å²) in [7, 11) is 0. The van der Waals surface area contributed by atoms with E-state index in [0.29, 0.717) is 29.3 Å².